The highest BCUT2D eigenvalue weighted by atomic mass is 19.1. The minimum absolute atomic E-state index is 0.0874. The molecule has 2 N–H and O–H groups in total. The molecule has 1 aromatic heterocycles. The van der Waals surface area contributed by atoms with E-state index < -0.39 is 29.4 Å². The van der Waals surface area contributed by atoms with Crippen LogP contribution in [0.15, 0.2) is 158 Å². The summed E-state index contributed by atoms with van der Waals surface area (Å²) in [6, 6.07) is 47.8. The summed E-state index contributed by atoms with van der Waals surface area (Å²) in [6.07, 6.45) is -2.18. The zero-order valence-corrected chi connectivity index (χ0v) is 25.1. The number of nitrogens with two attached hydrogens (primary N) is 1. The van der Waals surface area contributed by atoms with Crippen LogP contribution >= 0.6 is 0 Å². The van der Waals surface area contributed by atoms with E-state index in [9.17, 15) is 9.18 Å². The summed E-state index contributed by atoms with van der Waals surface area (Å²) in [5.74, 6) is -1.15. The number of carbonyl (C=O) groups excluding carboxylic acids is 1. The van der Waals surface area contributed by atoms with Crippen molar-refractivity contribution in [2.45, 2.75) is 11.6 Å². The normalized spacial score (nSPS) is 12.1. The Morgan fingerprint density at radius 3 is 1.72 bits per heavy atom. The number of hydrogen-bond donors (Lipinski definition) is 1. The Labute approximate surface area is 270 Å². The number of nitrogens with zero attached hydrogens (tertiary/aromatic N) is 2. The van der Waals surface area contributed by atoms with Gasteiger partial charge in [-0.3, -0.25) is 0 Å². The minimum Gasteiger partial charge on any atom is -0.436 e. The van der Waals surface area contributed by atoms with Gasteiger partial charge in [0.15, 0.2) is 6.10 Å². The van der Waals surface area contributed by atoms with E-state index in [1.54, 1.807) is 48.5 Å². The molecule has 0 saturated carbocycles. The molecule has 0 aliphatic carbocycles. The lowest BCUT2D eigenvalue weighted by Gasteiger charge is -2.37. The van der Waals surface area contributed by atoms with E-state index in [0.717, 1.165) is 16.7 Å². The van der Waals surface area contributed by atoms with E-state index in [1.807, 2.05) is 102 Å². The van der Waals surface area contributed by atoms with Gasteiger partial charge in [0.25, 0.3) is 0 Å². The van der Waals surface area contributed by atoms with Crippen molar-refractivity contribution < 1.29 is 18.3 Å². The molecular weight excluding hydrogens is 592 g/mol. The first-order valence-corrected chi connectivity index (χ1v) is 15.1. The summed E-state index contributed by atoms with van der Waals surface area (Å²) in [6.45, 7) is 0. The number of halogens is 2. The fraction of sp³-hybridized carbons (Fsp3) is 0.0500. The number of ether oxygens (including phenoxy) is 1. The van der Waals surface area contributed by atoms with Crippen LogP contribution in [-0.4, -0.2) is 15.9 Å². The third-order valence-electron chi connectivity index (χ3n) is 8.42. The second-order valence-corrected chi connectivity index (χ2v) is 11.2. The SMILES string of the molecule is NC(=O)OC(c1ccccc1)c1ccc2c(c(-c3cccc(F)c3)nn2C(c2ccccc2)(c2ccccc2)c2ccccc2)c1F. The van der Waals surface area contributed by atoms with E-state index in [2.05, 4.69) is 0 Å². The van der Waals surface area contributed by atoms with Crippen molar-refractivity contribution in [1.29, 1.82) is 0 Å². The van der Waals surface area contributed by atoms with E-state index >= 15 is 4.39 Å². The van der Waals surface area contributed by atoms with Gasteiger partial charge in [-0.25, -0.2) is 18.3 Å². The zero-order chi connectivity index (χ0) is 32.4. The maximum Gasteiger partial charge on any atom is 0.405 e. The summed E-state index contributed by atoms with van der Waals surface area (Å²) in [4.78, 5) is 12.1. The largest absolute Gasteiger partial charge is 0.436 e. The molecule has 0 aliphatic rings. The summed E-state index contributed by atoms with van der Waals surface area (Å²) in [5, 5.41) is 5.32. The van der Waals surface area contributed by atoms with Gasteiger partial charge in [0.05, 0.1) is 10.9 Å². The number of amides is 1. The molecule has 7 heteroatoms. The van der Waals surface area contributed by atoms with Crippen LogP contribution in [0, 0.1) is 11.6 Å². The molecule has 1 unspecified atom stereocenters. The smallest absolute Gasteiger partial charge is 0.405 e. The van der Waals surface area contributed by atoms with Crippen LogP contribution in [0.2, 0.25) is 0 Å². The molecule has 0 fully saturated rings. The summed E-state index contributed by atoms with van der Waals surface area (Å²) in [7, 11) is 0. The number of fused-ring (bicyclic) bond motifs is 1. The molecule has 1 atom stereocenters. The van der Waals surface area contributed by atoms with Crippen molar-refractivity contribution in [3.05, 3.63) is 197 Å². The molecule has 0 bridgehead atoms. The topological polar surface area (TPSA) is 70.1 Å². The van der Waals surface area contributed by atoms with Crippen LogP contribution in [0.4, 0.5) is 13.6 Å². The van der Waals surface area contributed by atoms with Gasteiger partial charge in [-0.15, -0.1) is 0 Å². The zero-order valence-electron chi connectivity index (χ0n) is 25.1. The number of rotatable bonds is 8. The molecule has 1 amide bonds. The Morgan fingerprint density at radius 2 is 1.21 bits per heavy atom. The minimum atomic E-state index is -1.14. The third kappa shape index (κ3) is 5.21. The second kappa shape index (κ2) is 12.4. The Bertz CT molecular complexity index is 2070. The Hall–Kier alpha value is -6.08. The van der Waals surface area contributed by atoms with Crippen molar-refractivity contribution in [2.75, 3.05) is 0 Å². The van der Waals surface area contributed by atoms with Crippen molar-refractivity contribution in [1.82, 2.24) is 9.78 Å². The number of carbonyl (C=O) groups is 1. The van der Waals surface area contributed by atoms with Gasteiger partial charge in [-0.2, -0.15) is 5.10 Å². The average molecular weight is 622 g/mol. The summed E-state index contributed by atoms with van der Waals surface area (Å²) in [5.41, 5.74) is 8.76. The van der Waals surface area contributed by atoms with Gasteiger partial charge >= 0.3 is 6.09 Å². The molecule has 0 aliphatic heterocycles. The quantitative estimate of drug-likeness (QED) is 0.172. The first-order chi connectivity index (χ1) is 23.0. The van der Waals surface area contributed by atoms with Crippen LogP contribution in [0.25, 0.3) is 22.2 Å². The lowest BCUT2D eigenvalue weighted by molar-refractivity contribution is 0.125. The number of benzene rings is 6. The third-order valence-corrected chi connectivity index (χ3v) is 8.42. The Morgan fingerprint density at radius 1 is 0.681 bits per heavy atom. The van der Waals surface area contributed by atoms with Crippen molar-refractivity contribution >= 4 is 17.0 Å². The molecule has 0 radical (unpaired) electrons. The number of aromatic nitrogens is 2. The predicted octanol–water partition coefficient (Wildman–Crippen LogP) is 9.01. The van der Waals surface area contributed by atoms with Gasteiger partial charge in [-0.05, 0) is 46.5 Å². The lowest BCUT2D eigenvalue weighted by Crippen LogP contribution is -2.38. The van der Waals surface area contributed by atoms with Crippen LogP contribution < -0.4 is 5.73 Å². The standard InChI is InChI=1S/C40H29F2N3O2/c41-32-23-13-16-28(26-32)37-35-34(25-24-33(36(35)42)38(47-39(43)46)27-14-5-1-6-15-27)45(44-37)40(29-17-7-2-8-18-29,30-19-9-3-10-20-30)31-21-11-4-12-22-31/h1-26,38H,(H2,43,46). The summed E-state index contributed by atoms with van der Waals surface area (Å²) < 4.78 is 39.4. The van der Waals surface area contributed by atoms with E-state index in [4.69, 9.17) is 15.6 Å². The lowest BCUT2D eigenvalue weighted by atomic mass is 9.77. The molecule has 1 heterocycles. The highest BCUT2D eigenvalue weighted by Gasteiger charge is 2.41. The predicted molar refractivity (Wildman–Crippen MR) is 179 cm³/mol. The average Bonchev–Trinajstić information content (AvgIpc) is 3.50. The van der Waals surface area contributed by atoms with Gasteiger partial charge in [0.1, 0.15) is 22.9 Å². The molecule has 7 rings (SSSR count). The van der Waals surface area contributed by atoms with E-state index in [1.165, 1.54) is 12.1 Å². The summed E-state index contributed by atoms with van der Waals surface area (Å²) >= 11 is 0. The van der Waals surface area contributed by atoms with Crippen molar-refractivity contribution in [3.8, 4) is 11.3 Å². The van der Waals surface area contributed by atoms with Gasteiger partial charge in [0, 0.05) is 11.1 Å². The van der Waals surface area contributed by atoms with E-state index in [0.29, 0.717) is 16.6 Å². The maximum absolute atomic E-state index is 17.3. The van der Waals surface area contributed by atoms with Crippen LogP contribution in [0.1, 0.15) is 33.9 Å². The molecule has 0 spiro atoms. The second-order valence-electron chi connectivity index (χ2n) is 11.2. The van der Waals surface area contributed by atoms with Crippen LogP contribution in [0.3, 0.4) is 0 Å². The first-order valence-electron chi connectivity index (χ1n) is 15.1. The van der Waals surface area contributed by atoms with Gasteiger partial charge in [0.2, 0.25) is 0 Å². The van der Waals surface area contributed by atoms with Gasteiger partial charge in [-0.1, -0.05) is 133 Å². The maximum atomic E-state index is 17.3. The number of primary amides is 1. The Kier molecular flexibility index (Phi) is 7.80. The molecule has 0 saturated heterocycles. The molecular formula is C40H29F2N3O2. The first kappa shape index (κ1) is 29.6. The van der Waals surface area contributed by atoms with Crippen LogP contribution in [-0.2, 0) is 10.3 Å². The van der Waals surface area contributed by atoms with Crippen LogP contribution in [0.5, 0.6) is 0 Å². The fourth-order valence-corrected chi connectivity index (χ4v) is 6.44. The monoisotopic (exact) mass is 621 g/mol. The van der Waals surface area contributed by atoms with E-state index in [-0.39, 0.29) is 16.6 Å². The van der Waals surface area contributed by atoms with Gasteiger partial charge < -0.3 is 10.5 Å². The number of hydrogen-bond acceptors (Lipinski definition) is 3. The Balaban J connectivity index is 1.62. The molecule has 47 heavy (non-hydrogen) atoms. The van der Waals surface area contributed by atoms with Crippen molar-refractivity contribution in [3.63, 3.8) is 0 Å². The molecule has 7 aromatic rings. The molecule has 6 aromatic carbocycles. The highest BCUT2D eigenvalue weighted by Crippen LogP contribution is 2.45. The molecule has 230 valence electrons. The molecule has 5 nitrogen and oxygen atoms in total. The fourth-order valence-electron chi connectivity index (χ4n) is 6.44. The van der Waals surface area contributed by atoms with Crippen molar-refractivity contribution in [2.24, 2.45) is 5.73 Å². The highest BCUT2D eigenvalue weighted by molar-refractivity contribution is 5.95.